The van der Waals surface area contributed by atoms with Crippen molar-refractivity contribution in [1.82, 2.24) is 20.8 Å². The van der Waals surface area contributed by atoms with Crippen LogP contribution in [0.5, 0.6) is 0 Å². The standard InChI is InChI=1S/C26H28N4O5/c31-24(32)12-11-23(25(33)27-13-5-6-17-14-28-29-15-17)30-26(34)35-16-22-20-9-3-1-7-18(20)19-8-2-4-10-21(19)22/h1-4,7-10,14-15,22-23H,5-6,11-13,16H2,(H,27,33)(H,28,29)(H,30,34)(H,31,32). The van der Waals surface area contributed by atoms with E-state index in [0.29, 0.717) is 13.0 Å². The van der Waals surface area contributed by atoms with Crippen LogP contribution in [0.3, 0.4) is 0 Å². The predicted octanol–water partition coefficient (Wildman–Crippen LogP) is 3.23. The molecule has 0 aliphatic heterocycles. The molecule has 2 amide bonds. The van der Waals surface area contributed by atoms with Crippen molar-refractivity contribution in [1.29, 1.82) is 0 Å². The van der Waals surface area contributed by atoms with Crippen LogP contribution in [0.15, 0.2) is 60.9 Å². The van der Waals surface area contributed by atoms with Crippen LogP contribution < -0.4 is 10.6 Å². The van der Waals surface area contributed by atoms with Crippen LogP contribution in [-0.4, -0.2) is 52.5 Å². The number of aliphatic carboxylic acids is 1. The highest BCUT2D eigenvalue weighted by molar-refractivity contribution is 5.86. The minimum Gasteiger partial charge on any atom is -0.481 e. The number of ether oxygens (including phenoxy) is 1. The van der Waals surface area contributed by atoms with Gasteiger partial charge in [0.15, 0.2) is 0 Å². The number of carboxylic acid groups (broad SMARTS) is 1. The van der Waals surface area contributed by atoms with Crippen LogP contribution in [0.2, 0.25) is 0 Å². The van der Waals surface area contributed by atoms with Crippen molar-refractivity contribution in [2.45, 2.75) is 37.6 Å². The summed E-state index contributed by atoms with van der Waals surface area (Å²) >= 11 is 0. The van der Waals surface area contributed by atoms with Crippen LogP contribution in [0.1, 0.15) is 41.9 Å². The number of aromatic amines is 1. The molecule has 3 aromatic rings. The van der Waals surface area contributed by atoms with Crippen molar-refractivity contribution in [2.75, 3.05) is 13.2 Å². The van der Waals surface area contributed by atoms with Gasteiger partial charge in [0.2, 0.25) is 5.91 Å². The van der Waals surface area contributed by atoms with Crippen LogP contribution >= 0.6 is 0 Å². The topological polar surface area (TPSA) is 133 Å². The Morgan fingerprint density at radius 2 is 1.74 bits per heavy atom. The van der Waals surface area contributed by atoms with Crippen LogP contribution in [0, 0.1) is 0 Å². The second kappa shape index (κ2) is 11.3. The van der Waals surface area contributed by atoms with E-state index in [-0.39, 0.29) is 25.4 Å². The zero-order valence-electron chi connectivity index (χ0n) is 19.2. The molecule has 35 heavy (non-hydrogen) atoms. The number of nitrogens with one attached hydrogen (secondary N) is 3. The average molecular weight is 477 g/mol. The summed E-state index contributed by atoms with van der Waals surface area (Å²) in [4.78, 5) is 36.3. The number of carbonyl (C=O) groups is 3. The number of benzene rings is 2. The van der Waals surface area contributed by atoms with Crippen LogP contribution in [-0.2, 0) is 20.7 Å². The van der Waals surface area contributed by atoms with Crippen molar-refractivity contribution in [3.63, 3.8) is 0 Å². The van der Waals surface area contributed by atoms with E-state index in [9.17, 15) is 14.4 Å². The third kappa shape index (κ3) is 6.06. The molecule has 0 saturated heterocycles. The summed E-state index contributed by atoms with van der Waals surface area (Å²) in [5.74, 6) is -1.59. The van der Waals surface area contributed by atoms with Gasteiger partial charge >= 0.3 is 12.1 Å². The first kappa shape index (κ1) is 24.0. The van der Waals surface area contributed by atoms with Gasteiger partial charge in [-0.15, -0.1) is 0 Å². The maximum atomic E-state index is 12.6. The van der Waals surface area contributed by atoms with Gasteiger partial charge in [-0.25, -0.2) is 4.79 Å². The predicted molar refractivity (Wildman–Crippen MR) is 129 cm³/mol. The first-order valence-electron chi connectivity index (χ1n) is 11.6. The zero-order chi connectivity index (χ0) is 24.6. The highest BCUT2D eigenvalue weighted by Gasteiger charge is 2.29. The normalized spacial score (nSPS) is 12.9. The zero-order valence-corrected chi connectivity index (χ0v) is 19.2. The van der Waals surface area contributed by atoms with Gasteiger partial charge in [-0.3, -0.25) is 14.7 Å². The molecule has 9 heteroatoms. The summed E-state index contributed by atoms with van der Waals surface area (Å²) in [6.07, 6.45) is 3.88. The monoisotopic (exact) mass is 476 g/mol. The second-order valence-electron chi connectivity index (χ2n) is 8.46. The average Bonchev–Trinajstić information content (AvgIpc) is 3.49. The third-order valence-corrected chi connectivity index (χ3v) is 6.10. The van der Waals surface area contributed by atoms with Crippen LogP contribution in [0.4, 0.5) is 4.79 Å². The molecule has 2 aromatic carbocycles. The van der Waals surface area contributed by atoms with Gasteiger partial charge < -0.3 is 20.5 Å². The summed E-state index contributed by atoms with van der Waals surface area (Å²) in [6, 6.07) is 15.0. The smallest absolute Gasteiger partial charge is 0.407 e. The maximum Gasteiger partial charge on any atom is 0.407 e. The SMILES string of the molecule is O=C(O)CCC(NC(=O)OCC1c2ccccc2-c2ccccc21)C(=O)NCCCc1cn[nH]c1. The summed E-state index contributed by atoms with van der Waals surface area (Å²) in [5, 5.41) is 21.0. The molecule has 182 valence electrons. The number of fused-ring (bicyclic) bond motifs is 3. The number of amides is 2. The number of hydrogen-bond donors (Lipinski definition) is 4. The van der Waals surface area contributed by atoms with Crippen molar-refractivity contribution < 1.29 is 24.2 Å². The number of nitrogens with zero attached hydrogens (tertiary/aromatic N) is 1. The highest BCUT2D eigenvalue weighted by Crippen LogP contribution is 2.44. The van der Waals surface area contributed by atoms with Gasteiger partial charge in [0, 0.05) is 25.1 Å². The van der Waals surface area contributed by atoms with Crippen LogP contribution in [0.25, 0.3) is 11.1 Å². The molecule has 4 N–H and O–H groups in total. The third-order valence-electron chi connectivity index (χ3n) is 6.10. The molecule has 1 aliphatic rings. The lowest BCUT2D eigenvalue weighted by Crippen LogP contribution is -2.47. The molecule has 0 bridgehead atoms. The quantitative estimate of drug-likeness (QED) is 0.314. The maximum absolute atomic E-state index is 12.6. The molecule has 4 rings (SSSR count). The van der Waals surface area contributed by atoms with Gasteiger partial charge in [0.05, 0.1) is 6.20 Å². The van der Waals surface area contributed by atoms with Crippen molar-refractivity contribution >= 4 is 18.0 Å². The van der Waals surface area contributed by atoms with Crippen molar-refractivity contribution in [3.8, 4) is 11.1 Å². The second-order valence-corrected chi connectivity index (χ2v) is 8.46. The lowest BCUT2D eigenvalue weighted by Gasteiger charge is -2.19. The van der Waals surface area contributed by atoms with E-state index in [1.165, 1.54) is 0 Å². The Kier molecular flexibility index (Phi) is 7.77. The Hall–Kier alpha value is -4.14. The van der Waals surface area contributed by atoms with E-state index in [2.05, 4.69) is 20.8 Å². The Morgan fingerprint density at radius 3 is 2.37 bits per heavy atom. The molecule has 1 atom stereocenters. The summed E-state index contributed by atoms with van der Waals surface area (Å²) in [7, 11) is 0. The van der Waals surface area contributed by atoms with E-state index in [4.69, 9.17) is 9.84 Å². The lowest BCUT2D eigenvalue weighted by atomic mass is 9.98. The largest absolute Gasteiger partial charge is 0.481 e. The van der Waals surface area contributed by atoms with Crippen molar-refractivity contribution in [2.24, 2.45) is 0 Å². The molecule has 1 aromatic heterocycles. The molecule has 1 aliphatic carbocycles. The van der Waals surface area contributed by atoms with Gasteiger partial charge in [-0.2, -0.15) is 5.10 Å². The molecular formula is C26H28N4O5. The van der Waals surface area contributed by atoms with E-state index in [0.717, 1.165) is 34.2 Å². The van der Waals surface area contributed by atoms with Gasteiger partial charge in [0.25, 0.3) is 0 Å². The Balaban J connectivity index is 1.32. The summed E-state index contributed by atoms with van der Waals surface area (Å²) in [5.41, 5.74) is 5.43. The molecule has 0 spiro atoms. The molecule has 1 heterocycles. The fraction of sp³-hybridized carbons (Fsp3) is 0.308. The molecule has 9 nitrogen and oxygen atoms in total. The highest BCUT2D eigenvalue weighted by atomic mass is 16.5. The summed E-state index contributed by atoms with van der Waals surface area (Å²) < 4.78 is 5.51. The molecule has 0 radical (unpaired) electrons. The van der Waals surface area contributed by atoms with Crippen molar-refractivity contribution in [3.05, 3.63) is 77.6 Å². The van der Waals surface area contributed by atoms with E-state index >= 15 is 0 Å². The summed E-state index contributed by atoms with van der Waals surface area (Å²) in [6.45, 7) is 0.498. The number of alkyl carbamates (subject to hydrolysis) is 1. The number of H-pyrrole nitrogens is 1. The lowest BCUT2D eigenvalue weighted by molar-refractivity contribution is -0.137. The minimum absolute atomic E-state index is 0.0346. The van der Waals surface area contributed by atoms with Gasteiger partial charge in [0.1, 0.15) is 12.6 Å². The number of rotatable bonds is 11. The number of hydrogen-bond acceptors (Lipinski definition) is 5. The molecule has 0 fully saturated rings. The first-order valence-corrected chi connectivity index (χ1v) is 11.6. The van der Waals surface area contributed by atoms with E-state index < -0.39 is 24.0 Å². The Bertz CT molecular complexity index is 1130. The first-order chi connectivity index (χ1) is 17.0. The Labute approximate surface area is 202 Å². The number of carboxylic acids is 1. The van der Waals surface area contributed by atoms with Gasteiger partial charge in [-0.05, 0) is 47.1 Å². The number of aromatic nitrogens is 2. The molecule has 0 saturated carbocycles. The number of carbonyl (C=O) groups excluding carboxylic acids is 2. The molecule has 1 unspecified atom stereocenters. The Morgan fingerprint density at radius 1 is 1.06 bits per heavy atom. The minimum atomic E-state index is -1.04. The molecular weight excluding hydrogens is 448 g/mol. The van der Waals surface area contributed by atoms with E-state index in [1.54, 1.807) is 12.4 Å². The van der Waals surface area contributed by atoms with Gasteiger partial charge in [-0.1, -0.05) is 48.5 Å². The number of aryl methyl sites for hydroxylation is 1. The van der Waals surface area contributed by atoms with E-state index in [1.807, 2.05) is 48.5 Å². The fourth-order valence-electron chi connectivity index (χ4n) is 4.36. The fourth-order valence-corrected chi connectivity index (χ4v) is 4.36.